The van der Waals surface area contributed by atoms with Crippen LogP contribution in [0.4, 0.5) is 0 Å². The minimum Gasteiger partial charge on any atom is -0.471 e. The second-order valence-corrected chi connectivity index (χ2v) is 26.3. The second kappa shape index (κ2) is 13.1. The number of hydrogen-bond acceptors (Lipinski definition) is 9. The van der Waals surface area contributed by atoms with Crippen LogP contribution in [0, 0.1) is 68.0 Å². The first-order valence-corrected chi connectivity index (χ1v) is 25.6. The molecule has 1 heterocycles. The van der Waals surface area contributed by atoms with Gasteiger partial charge in [0.25, 0.3) is 0 Å². The van der Waals surface area contributed by atoms with E-state index in [1.54, 1.807) is 13.0 Å². The van der Waals surface area contributed by atoms with Crippen LogP contribution < -0.4 is 9.47 Å². The van der Waals surface area contributed by atoms with Gasteiger partial charge in [-0.3, -0.25) is 19.2 Å². The molecule has 9 aliphatic carbocycles. The standard InChI is InChI=1S/C58H74O9/c1-31-26-39-52(7,46(62)44(31)61)21-25-55(10)40-29-36(59)43-32(2)45-37(27-35(43)51(40,6)20-23-54(39,55)9)66-58(64)42(60)28-34-33(57(58,12)67-45)14-15-38-50(34,5)19-24-56(11)41-30-49(4,47(63)65-13)17-16-48(41,3)18-22-53(38,56)8/h14-15,27-29,31,39,41,46,62,64H,16-26,30H2,1-13H3/t31-,39-,41-,46-,48-,49-,50+,51+,52-,53-,54+,55-,56+,57+,58-/m1/s1. The van der Waals surface area contributed by atoms with E-state index in [1.807, 2.05) is 26.0 Å². The third-order valence-electron chi connectivity index (χ3n) is 23.5. The fourth-order valence-electron chi connectivity index (χ4n) is 18.4. The van der Waals surface area contributed by atoms with Crippen LogP contribution in [0.15, 0.2) is 52.7 Å². The van der Waals surface area contributed by atoms with Gasteiger partial charge in [0.2, 0.25) is 11.4 Å². The first-order valence-electron chi connectivity index (χ1n) is 25.6. The predicted octanol–water partition coefficient (Wildman–Crippen LogP) is 10.8. The Morgan fingerprint density at radius 1 is 0.731 bits per heavy atom. The normalized spacial score (nSPS) is 50.1. The fraction of sp³-hybridized carbons (Fsp3) is 0.690. The number of ketones is 3. The lowest BCUT2D eigenvalue weighted by Crippen LogP contribution is -2.70. The largest absolute Gasteiger partial charge is 0.471 e. The molecule has 0 radical (unpaired) electrons. The summed E-state index contributed by atoms with van der Waals surface area (Å²) in [5.74, 6) is -2.42. The molecule has 9 heteroatoms. The first kappa shape index (κ1) is 45.6. The van der Waals surface area contributed by atoms with Crippen LogP contribution >= 0.6 is 0 Å². The Bertz CT molecular complexity index is 2670. The number of aliphatic hydroxyl groups is 2. The highest BCUT2D eigenvalue weighted by Crippen LogP contribution is 2.77. The highest BCUT2D eigenvalue weighted by molar-refractivity contribution is 6.10. The van der Waals surface area contributed by atoms with E-state index in [0.717, 1.165) is 87.3 Å². The summed E-state index contributed by atoms with van der Waals surface area (Å²) in [5.41, 5.74) is 1.30. The number of fused-ring (bicyclic) bond motifs is 17. The molecule has 1 aliphatic heterocycles. The predicted molar refractivity (Wildman–Crippen MR) is 254 cm³/mol. The van der Waals surface area contributed by atoms with Gasteiger partial charge >= 0.3 is 11.8 Å². The molecule has 1 aromatic rings. The number of esters is 1. The van der Waals surface area contributed by atoms with Crippen molar-refractivity contribution in [2.45, 2.75) is 183 Å². The number of aliphatic hydroxyl groups excluding tert-OH is 1. The van der Waals surface area contributed by atoms with Crippen LogP contribution in [0.2, 0.25) is 0 Å². The molecule has 0 spiro atoms. The lowest BCUT2D eigenvalue weighted by Gasteiger charge is -2.70. The summed E-state index contributed by atoms with van der Waals surface area (Å²) in [5, 5.41) is 24.3. The van der Waals surface area contributed by atoms with E-state index in [2.05, 4.69) is 74.5 Å². The molecule has 0 aromatic heterocycles. The number of rotatable bonds is 1. The van der Waals surface area contributed by atoms with Gasteiger partial charge in [0.05, 0.1) is 12.5 Å². The average Bonchev–Trinajstić information content (AvgIpc) is 3.27. The second-order valence-electron chi connectivity index (χ2n) is 26.3. The summed E-state index contributed by atoms with van der Waals surface area (Å²) >= 11 is 0. The van der Waals surface area contributed by atoms with Gasteiger partial charge in [-0.15, -0.1) is 0 Å². The summed E-state index contributed by atoms with van der Waals surface area (Å²) in [6.07, 6.45) is 16.9. The number of Topliss-reactive ketones (excluding diaryl/α,β-unsaturated/α-hetero) is 1. The smallest absolute Gasteiger partial charge is 0.317 e. The van der Waals surface area contributed by atoms with Crippen molar-refractivity contribution in [3.63, 3.8) is 0 Å². The Hall–Kier alpha value is -3.82. The van der Waals surface area contributed by atoms with Crippen LogP contribution in [-0.4, -0.2) is 58.1 Å². The van der Waals surface area contributed by atoms with Gasteiger partial charge in [-0.1, -0.05) is 80.0 Å². The molecule has 67 heavy (non-hydrogen) atoms. The summed E-state index contributed by atoms with van der Waals surface area (Å²) in [6, 6.07) is 1.88. The van der Waals surface area contributed by atoms with Crippen LogP contribution in [0.3, 0.4) is 0 Å². The lowest BCUT2D eigenvalue weighted by atomic mass is 9.34. The molecule has 2 N–H and O–H groups in total. The number of hydrogen-bond donors (Lipinski definition) is 2. The zero-order valence-corrected chi connectivity index (χ0v) is 42.4. The molecule has 0 unspecified atom stereocenters. The van der Waals surface area contributed by atoms with Crippen molar-refractivity contribution in [2.75, 3.05) is 7.11 Å². The minimum absolute atomic E-state index is 0.0554. The number of allylic oxidation sites excluding steroid dienone is 5. The van der Waals surface area contributed by atoms with Crippen molar-refractivity contribution in [3.05, 3.63) is 69.4 Å². The molecule has 6 saturated carbocycles. The Morgan fingerprint density at radius 2 is 1.36 bits per heavy atom. The van der Waals surface area contributed by atoms with Crippen LogP contribution in [0.25, 0.3) is 0 Å². The molecule has 0 amide bonds. The molecular formula is C58H74O9. The molecule has 0 saturated heterocycles. The Balaban J connectivity index is 0.976. The third kappa shape index (κ3) is 5.00. The van der Waals surface area contributed by atoms with Crippen molar-refractivity contribution in [1.29, 1.82) is 0 Å². The summed E-state index contributed by atoms with van der Waals surface area (Å²) in [7, 11) is 1.51. The molecule has 15 atom stereocenters. The topological polar surface area (TPSA) is 136 Å². The van der Waals surface area contributed by atoms with Crippen molar-refractivity contribution in [1.82, 2.24) is 0 Å². The molecule has 9 nitrogen and oxygen atoms in total. The minimum atomic E-state index is -2.38. The van der Waals surface area contributed by atoms with E-state index in [4.69, 9.17) is 14.2 Å². The van der Waals surface area contributed by atoms with Gasteiger partial charge in [0, 0.05) is 38.9 Å². The van der Waals surface area contributed by atoms with E-state index in [9.17, 15) is 29.4 Å². The van der Waals surface area contributed by atoms with E-state index in [0.29, 0.717) is 34.8 Å². The van der Waals surface area contributed by atoms with Gasteiger partial charge in [-0.25, -0.2) is 0 Å². The van der Waals surface area contributed by atoms with Crippen molar-refractivity contribution < 1.29 is 43.6 Å². The van der Waals surface area contributed by atoms with Crippen LogP contribution in [0.5, 0.6) is 11.5 Å². The molecule has 11 rings (SSSR count). The van der Waals surface area contributed by atoms with Gasteiger partial charge in [0.1, 0.15) is 6.10 Å². The summed E-state index contributed by atoms with van der Waals surface area (Å²) < 4.78 is 19.2. The lowest BCUT2D eigenvalue weighted by molar-refractivity contribution is -0.231. The average molecular weight is 915 g/mol. The van der Waals surface area contributed by atoms with Crippen molar-refractivity contribution in [2.24, 2.45) is 61.1 Å². The first-order chi connectivity index (χ1) is 31.0. The molecule has 0 bridgehead atoms. The van der Waals surface area contributed by atoms with Crippen LogP contribution in [0.1, 0.15) is 175 Å². The van der Waals surface area contributed by atoms with E-state index < -0.39 is 50.4 Å². The summed E-state index contributed by atoms with van der Waals surface area (Å²) in [6.45, 7) is 26.3. The van der Waals surface area contributed by atoms with Gasteiger partial charge in [-0.05, 0) is 172 Å². The van der Waals surface area contributed by atoms with E-state index >= 15 is 0 Å². The van der Waals surface area contributed by atoms with Gasteiger partial charge < -0.3 is 24.4 Å². The molecular weight excluding hydrogens is 841 g/mol. The fourth-order valence-corrected chi connectivity index (χ4v) is 18.4. The molecule has 6 fully saturated rings. The monoisotopic (exact) mass is 915 g/mol. The highest BCUT2D eigenvalue weighted by Gasteiger charge is 2.73. The number of methoxy groups -OCH3 is 1. The molecule has 10 aliphatic rings. The molecule has 360 valence electrons. The number of benzene rings is 1. The Kier molecular flexibility index (Phi) is 8.93. The number of ether oxygens (including phenoxy) is 3. The Morgan fingerprint density at radius 3 is 2.04 bits per heavy atom. The third-order valence-corrected chi connectivity index (χ3v) is 23.5. The van der Waals surface area contributed by atoms with Gasteiger partial charge in [-0.2, -0.15) is 0 Å². The maximum Gasteiger partial charge on any atom is 0.317 e. The number of carbonyl (C=O) groups is 4. The van der Waals surface area contributed by atoms with E-state index in [1.165, 1.54) is 12.7 Å². The zero-order chi connectivity index (χ0) is 48.5. The highest BCUT2D eigenvalue weighted by atomic mass is 16.7. The quantitative estimate of drug-likeness (QED) is 0.264. The van der Waals surface area contributed by atoms with Gasteiger partial charge in [0.15, 0.2) is 23.1 Å². The SMILES string of the molecule is COC(=O)[C@]1(C)CC[C@]2(C)CC[C@]3(C)C4=CC=C5C(=CC(=O)[C@@]6(O)Oc7cc8c(c(C)c7O[C@@]56C)C(=O)C=C5[C@@]8(C)CC[C@@]6(C)[C@@H]7C[C@@H](C)C(=O)[C@@H](O)[C@]7(C)CC[C@]56C)[C@]4(C)CC[C@@]3(C)[C@@H]2C1. The van der Waals surface area contributed by atoms with Crippen molar-refractivity contribution >= 4 is 23.3 Å². The molecule has 1 aromatic carbocycles. The maximum atomic E-state index is 14.9. The Labute approximate surface area is 397 Å². The van der Waals surface area contributed by atoms with E-state index in [-0.39, 0.29) is 56.8 Å². The van der Waals surface area contributed by atoms with Crippen molar-refractivity contribution in [3.8, 4) is 11.5 Å². The maximum absolute atomic E-state index is 14.9. The number of carbonyl (C=O) groups excluding carboxylic acids is 4. The summed E-state index contributed by atoms with van der Waals surface area (Å²) in [4.78, 5) is 56.2. The zero-order valence-electron chi connectivity index (χ0n) is 42.4. The van der Waals surface area contributed by atoms with Crippen LogP contribution in [-0.2, 0) is 24.5 Å².